The molecule has 0 radical (unpaired) electrons. The van der Waals surface area contributed by atoms with Crippen molar-refractivity contribution in [2.75, 3.05) is 26.2 Å². The number of amides is 3. The predicted octanol–water partition coefficient (Wildman–Crippen LogP) is 2.97. The molecule has 8 nitrogen and oxygen atoms in total. The van der Waals surface area contributed by atoms with Crippen LogP contribution in [0.25, 0.3) is 0 Å². The Balaban J connectivity index is 1.33. The van der Waals surface area contributed by atoms with Crippen LogP contribution < -0.4 is 11.1 Å². The molecule has 1 aliphatic heterocycles. The fourth-order valence-electron chi connectivity index (χ4n) is 5.70. The van der Waals surface area contributed by atoms with Crippen LogP contribution in [0.5, 0.6) is 0 Å². The number of rotatable bonds is 6. The molecule has 3 N–H and O–H groups in total. The Bertz CT molecular complexity index is 834. The van der Waals surface area contributed by atoms with Crippen LogP contribution in [0.3, 0.4) is 0 Å². The Kier molecular flexibility index (Phi) is 8.43. The molecule has 1 heterocycles. The van der Waals surface area contributed by atoms with Crippen molar-refractivity contribution in [1.29, 1.82) is 0 Å². The molecule has 0 aromatic heterocycles. The highest BCUT2D eigenvalue weighted by atomic mass is 16.6. The van der Waals surface area contributed by atoms with Crippen molar-refractivity contribution in [2.24, 2.45) is 11.7 Å². The third kappa shape index (κ3) is 6.09. The summed E-state index contributed by atoms with van der Waals surface area (Å²) in [5, 5.41) is 2.92. The molecule has 1 aromatic rings. The Labute approximate surface area is 202 Å². The number of ether oxygens (including phenoxy) is 1. The number of primary amides is 1. The van der Waals surface area contributed by atoms with Gasteiger partial charge in [0.1, 0.15) is 12.1 Å². The van der Waals surface area contributed by atoms with Crippen LogP contribution in [0.15, 0.2) is 30.3 Å². The van der Waals surface area contributed by atoms with Crippen LogP contribution >= 0.6 is 0 Å². The monoisotopic (exact) mass is 470 g/mol. The fourth-order valence-corrected chi connectivity index (χ4v) is 5.70. The van der Waals surface area contributed by atoms with Crippen molar-refractivity contribution < 1.29 is 19.1 Å². The van der Waals surface area contributed by atoms with Crippen molar-refractivity contribution in [1.82, 2.24) is 15.1 Å². The average Bonchev–Trinajstić information content (AvgIpc) is 2.88. The molecule has 186 valence electrons. The van der Waals surface area contributed by atoms with Gasteiger partial charge in [0.2, 0.25) is 11.8 Å². The molecular weight excluding hydrogens is 432 g/mol. The fraction of sp³-hybridized carbons (Fsp3) is 0.654. The minimum absolute atomic E-state index is 0.0634. The zero-order valence-electron chi connectivity index (χ0n) is 20.0. The minimum atomic E-state index is -0.831. The summed E-state index contributed by atoms with van der Waals surface area (Å²) >= 11 is 0. The van der Waals surface area contributed by atoms with Crippen LogP contribution in [-0.2, 0) is 14.3 Å². The lowest BCUT2D eigenvalue weighted by molar-refractivity contribution is -0.133. The van der Waals surface area contributed by atoms with E-state index in [1.165, 1.54) is 6.42 Å². The molecule has 3 fully saturated rings. The number of hydrogen-bond donors (Lipinski definition) is 2. The number of carbonyl (C=O) groups is 3. The van der Waals surface area contributed by atoms with E-state index < -0.39 is 11.9 Å². The second-order valence-corrected chi connectivity index (χ2v) is 9.88. The molecule has 3 aliphatic rings. The lowest BCUT2D eigenvalue weighted by atomic mass is 9.82. The highest BCUT2D eigenvalue weighted by molar-refractivity contribution is 5.88. The molecule has 3 atom stereocenters. The first-order valence-corrected chi connectivity index (χ1v) is 12.9. The number of nitrogens with zero attached hydrogens (tertiary/aromatic N) is 2. The summed E-state index contributed by atoms with van der Waals surface area (Å²) in [5.74, 6) is -0.867. The number of nitrogens with one attached hydrogen (secondary N) is 1. The largest absolute Gasteiger partial charge is 0.446 e. The summed E-state index contributed by atoms with van der Waals surface area (Å²) in [6, 6.07) is 8.42. The SMILES string of the molecule is NC(=O)[C@@H](NC(=O)[C@@H]1CCCC[C@H]1N1CCN(C(=O)OC2CCCCC2)CC1)c1ccccc1. The van der Waals surface area contributed by atoms with Crippen LogP contribution in [-0.4, -0.2) is 66.0 Å². The van der Waals surface area contributed by atoms with Gasteiger partial charge in [-0.05, 0) is 44.1 Å². The summed E-state index contributed by atoms with van der Waals surface area (Å²) in [5.41, 5.74) is 6.32. The normalized spacial score (nSPS) is 25.4. The third-order valence-corrected chi connectivity index (χ3v) is 7.63. The molecule has 0 bridgehead atoms. The lowest BCUT2D eigenvalue weighted by Gasteiger charge is -2.43. The molecule has 0 unspecified atom stereocenters. The van der Waals surface area contributed by atoms with Crippen molar-refractivity contribution >= 4 is 17.9 Å². The zero-order valence-corrected chi connectivity index (χ0v) is 20.0. The molecule has 8 heteroatoms. The van der Waals surface area contributed by atoms with Crippen LogP contribution in [0.1, 0.15) is 69.4 Å². The zero-order chi connectivity index (χ0) is 23.9. The van der Waals surface area contributed by atoms with Crippen molar-refractivity contribution in [3.63, 3.8) is 0 Å². The Morgan fingerprint density at radius 2 is 1.53 bits per heavy atom. The summed E-state index contributed by atoms with van der Waals surface area (Å²) in [7, 11) is 0. The van der Waals surface area contributed by atoms with E-state index in [1.54, 1.807) is 12.1 Å². The highest BCUT2D eigenvalue weighted by Gasteiger charge is 2.38. The van der Waals surface area contributed by atoms with Gasteiger partial charge in [0.25, 0.3) is 0 Å². The minimum Gasteiger partial charge on any atom is -0.446 e. The molecule has 1 saturated heterocycles. The van der Waals surface area contributed by atoms with Gasteiger partial charge >= 0.3 is 6.09 Å². The maximum atomic E-state index is 13.3. The molecule has 4 rings (SSSR count). The number of nitrogens with two attached hydrogens (primary N) is 1. The van der Waals surface area contributed by atoms with Gasteiger partial charge < -0.3 is 20.7 Å². The number of hydrogen-bond acceptors (Lipinski definition) is 5. The lowest BCUT2D eigenvalue weighted by Crippen LogP contribution is -2.57. The average molecular weight is 471 g/mol. The third-order valence-electron chi connectivity index (χ3n) is 7.63. The summed E-state index contributed by atoms with van der Waals surface area (Å²) in [4.78, 5) is 42.2. The van der Waals surface area contributed by atoms with Gasteiger partial charge in [-0.2, -0.15) is 0 Å². The van der Waals surface area contributed by atoms with E-state index in [2.05, 4.69) is 10.2 Å². The van der Waals surface area contributed by atoms with Crippen molar-refractivity contribution in [3.8, 4) is 0 Å². The van der Waals surface area contributed by atoms with E-state index in [0.717, 1.165) is 64.5 Å². The Hall–Kier alpha value is -2.61. The first-order chi connectivity index (χ1) is 16.5. The van der Waals surface area contributed by atoms with Gasteiger partial charge in [0.15, 0.2) is 0 Å². The summed E-state index contributed by atoms with van der Waals surface area (Å²) in [6.07, 6.45) is 9.12. The van der Waals surface area contributed by atoms with E-state index in [0.29, 0.717) is 18.7 Å². The number of carbonyl (C=O) groups excluding carboxylic acids is 3. The quantitative estimate of drug-likeness (QED) is 0.665. The molecule has 1 aromatic carbocycles. The highest BCUT2D eigenvalue weighted by Crippen LogP contribution is 2.30. The maximum absolute atomic E-state index is 13.3. The van der Waals surface area contributed by atoms with Gasteiger partial charge in [0.05, 0.1) is 5.92 Å². The van der Waals surface area contributed by atoms with Crippen LogP contribution in [0.2, 0.25) is 0 Å². The molecule has 0 spiro atoms. The molecule has 2 saturated carbocycles. The molecule has 34 heavy (non-hydrogen) atoms. The number of benzene rings is 1. The van der Waals surface area contributed by atoms with Gasteiger partial charge in [0, 0.05) is 32.2 Å². The van der Waals surface area contributed by atoms with E-state index in [1.807, 2.05) is 23.1 Å². The van der Waals surface area contributed by atoms with Gasteiger partial charge in [-0.3, -0.25) is 14.5 Å². The number of piperazine rings is 1. The van der Waals surface area contributed by atoms with Gasteiger partial charge in [-0.25, -0.2) is 4.79 Å². The van der Waals surface area contributed by atoms with Gasteiger partial charge in [-0.15, -0.1) is 0 Å². The first kappa shape index (κ1) is 24.5. The van der Waals surface area contributed by atoms with E-state index in [4.69, 9.17) is 10.5 Å². The molecule has 2 aliphatic carbocycles. The maximum Gasteiger partial charge on any atom is 0.410 e. The second kappa shape index (κ2) is 11.7. The van der Waals surface area contributed by atoms with E-state index >= 15 is 0 Å². The van der Waals surface area contributed by atoms with Crippen molar-refractivity contribution in [3.05, 3.63) is 35.9 Å². The van der Waals surface area contributed by atoms with E-state index in [9.17, 15) is 14.4 Å². The summed E-state index contributed by atoms with van der Waals surface area (Å²) in [6.45, 7) is 2.69. The second-order valence-electron chi connectivity index (χ2n) is 9.88. The Morgan fingerprint density at radius 1 is 0.882 bits per heavy atom. The summed E-state index contributed by atoms with van der Waals surface area (Å²) < 4.78 is 5.74. The topological polar surface area (TPSA) is 105 Å². The van der Waals surface area contributed by atoms with Crippen LogP contribution in [0, 0.1) is 5.92 Å². The van der Waals surface area contributed by atoms with Gasteiger partial charge in [-0.1, -0.05) is 49.6 Å². The van der Waals surface area contributed by atoms with Crippen molar-refractivity contribution in [2.45, 2.75) is 76.0 Å². The Morgan fingerprint density at radius 3 is 2.21 bits per heavy atom. The standard InChI is InChI=1S/C26H38N4O4/c27-24(31)23(19-9-3-1-4-10-19)28-25(32)21-13-7-8-14-22(21)29-15-17-30(18-16-29)26(33)34-20-11-5-2-6-12-20/h1,3-4,9-10,20-23H,2,5-8,11-18H2,(H2,27,31)(H,28,32)/t21-,22-,23+/m1/s1. The molecular formula is C26H38N4O4. The van der Waals surface area contributed by atoms with Crippen LogP contribution in [0.4, 0.5) is 4.79 Å². The smallest absolute Gasteiger partial charge is 0.410 e. The first-order valence-electron chi connectivity index (χ1n) is 12.9. The van der Waals surface area contributed by atoms with E-state index in [-0.39, 0.29) is 30.1 Å². The molecule has 3 amide bonds. The predicted molar refractivity (Wildman–Crippen MR) is 129 cm³/mol.